The first-order chi connectivity index (χ1) is 14.9. The van der Waals surface area contributed by atoms with Crippen LogP contribution >= 0.6 is 47.2 Å². The van der Waals surface area contributed by atoms with E-state index < -0.39 is 0 Å². The second-order valence-corrected chi connectivity index (χ2v) is 8.62. The molecular formula is C22H17Cl2N3O2S2. The Labute approximate surface area is 199 Å². The summed E-state index contributed by atoms with van der Waals surface area (Å²) < 4.78 is 0. The lowest BCUT2D eigenvalue weighted by Crippen LogP contribution is -2.35. The number of carbonyl (C=O) groups excluding carboxylic acids is 2. The second-order valence-electron chi connectivity index (χ2n) is 6.29. The fraction of sp³-hybridized carbons (Fsp3) is 0.0455. The fourth-order valence-electron chi connectivity index (χ4n) is 2.47. The maximum absolute atomic E-state index is 12.3. The van der Waals surface area contributed by atoms with Crippen molar-refractivity contribution in [3.05, 3.63) is 88.4 Å². The van der Waals surface area contributed by atoms with Gasteiger partial charge in [0.15, 0.2) is 5.11 Å². The number of amides is 2. The average Bonchev–Trinajstić information content (AvgIpc) is 2.74. The van der Waals surface area contributed by atoms with Crippen molar-refractivity contribution >= 4 is 75.5 Å². The Morgan fingerprint density at radius 3 is 2.13 bits per heavy atom. The van der Waals surface area contributed by atoms with Gasteiger partial charge in [0, 0.05) is 31.9 Å². The summed E-state index contributed by atoms with van der Waals surface area (Å²) in [5.74, 6) is -0.259. The maximum Gasteiger partial charge on any atom is 0.255 e. The third-order valence-corrected chi connectivity index (χ3v) is 5.63. The highest BCUT2D eigenvalue weighted by Crippen LogP contribution is 2.20. The molecule has 0 aliphatic rings. The van der Waals surface area contributed by atoms with Gasteiger partial charge >= 0.3 is 0 Å². The Kier molecular flexibility index (Phi) is 8.31. The molecule has 5 nitrogen and oxygen atoms in total. The lowest BCUT2D eigenvalue weighted by molar-refractivity contribution is -0.117. The number of thioether (sulfide) groups is 1. The molecule has 0 unspecified atom stereocenters. The number of thiocarbonyl (C=S) groups is 1. The van der Waals surface area contributed by atoms with Gasteiger partial charge in [-0.15, -0.1) is 11.8 Å². The van der Waals surface area contributed by atoms with Crippen molar-refractivity contribution in [1.82, 2.24) is 5.32 Å². The van der Waals surface area contributed by atoms with Crippen LogP contribution in [0.3, 0.4) is 0 Å². The molecule has 0 spiro atoms. The number of nitrogens with one attached hydrogen (secondary N) is 3. The zero-order valence-corrected chi connectivity index (χ0v) is 19.2. The molecule has 2 amide bonds. The van der Waals surface area contributed by atoms with Crippen LogP contribution in [0.5, 0.6) is 0 Å². The van der Waals surface area contributed by atoms with Gasteiger partial charge in [-0.05, 0) is 78.9 Å². The van der Waals surface area contributed by atoms with Gasteiger partial charge < -0.3 is 16.0 Å². The van der Waals surface area contributed by atoms with Gasteiger partial charge in [-0.3, -0.25) is 9.59 Å². The topological polar surface area (TPSA) is 70.2 Å². The van der Waals surface area contributed by atoms with Crippen molar-refractivity contribution in [3.63, 3.8) is 0 Å². The van der Waals surface area contributed by atoms with E-state index in [2.05, 4.69) is 16.0 Å². The molecule has 0 heterocycles. The maximum atomic E-state index is 12.3. The molecule has 0 aliphatic heterocycles. The molecule has 3 aromatic rings. The summed E-state index contributed by atoms with van der Waals surface area (Å²) in [5.41, 5.74) is 1.76. The lowest BCUT2D eigenvalue weighted by atomic mass is 10.2. The van der Waals surface area contributed by atoms with Gasteiger partial charge in [0.25, 0.3) is 5.91 Å². The van der Waals surface area contributed by atoms with Crippen LogP contribution in [0.15, 0.2) is 77.7 Å². The Bertz CT molecular complexity index is 1090. The molecule has 158 valence electrons. The quantitative estimate of drug-likeness (QED) is 0.299. The standard InChI is InChI=1S/C22H17Cl2N3O2S2/c23-15-4-10-19(11-5-15)31-13-20(28)27-22(30)26-18-8-6-17(7-9-18)25-21(29)14-2-1-3-16(24)12-14/h1-12H,13H2,(H,25,29)(H2,26,27,28,30). The molecule has 3 rings (SSSR count). The summed E-state index contributed by atoms with van der Waals surface area (Å²) >= 11 is 18.3. The fourth-order valence-corrected chi connectivity index (χ4v) is 3.72. The highest BCUT2D eigenvalue weighted by atomic mass is 35.5. The molecule has 0 atom stereocenters. The van der Waals surface area contributed by atoms with Crippen LogP contribution < -0.4 is 16.0 Å². The van der Waals surface area contributed by atoms with E-state index in [4.69, 9.17) is 35.4 Å². The highest BCUT2D eigenvalue weighted by molar-refractivity contribution is 8.00. The van der Waals surface area contributed by atoms with Crippen molar-refractivity contribution in [3.8, 4) is 0 Å². The molecule has 3 N–H and O–H groups in total. The number of anilines is 2. The highest BCUT2D eigenvalue weighted by Gasteiger charge is 2.08. The molecule has 0 bridgehead atoms. The number of carbonyl (C=O) groups is 2. The molecule has 0 radical (unpaired) electrons. The van der Waals surface area contributed by atoms with Gasteiger partial charge in [0.05, 0.1) is 5.75 Å². The minimum absolute atomic E-state index is 0.192. The van der Waals surface area contributed by atoms with E-state index in [1.807, 2.05) is 12.1 Å². The minimum atomic E-state index is -0.260. The summed E-state index contributed by atoms with van der Waals surface area (Å²) in [5, 5.41) is 9.71. The molecule has 0 fully saturated rings. The zero-order chi connectivity index (χ0) is 22.2. The van der Waals surface area contributed by atoms with Crippen molar-refractivity contribution in [2.24, 2.45) is 0 Å². The normalized spacial score (nSPS) is 10.3. The summed E-state index contributed by atoms with van der Waals surface area (Å²) in [6.07, 6.45) is 0. The van der Waals surface area contributed by atoms with E-state index in [0.29, 0.717) is 27.0 Å². The summed E-state index contributed by atoms with van der Waals surface area (Å²) in [6, 6.07) is 20.9. The first-order valence-corrected chi connectivity index (χ1v) is 11.2. The summed E-state index contributed by atoms with van der Waals surface area (Å²) in [4.78, 5) is 25.3. The SMILES string of the molecule is O=C(CSc1ccc(Cl)cc1)NC(=S)Nc1ccc(NC(=O)c2cccc(Cl)c2)cc1. The molecular weight excluding hydrogens is 473 g/mol. The van der Waals surface area contributed by atoms with Gasteiger partial charge in [0.2, 0.25) is 5.91 Å². The zero-order valence-electron chi connectivity index (χ0n) is 16.0. The van der Waals surface area contributed by atoms with Gasteiger partial charge in [-0.25, -0.2) is 0 Å². The van der Waals surface area contributed by atoms with Crippen LogP contribution in [-0.4, -0.2) is 22.7 Å². The molecule has 0 saturated heterocycles. The van der Waals surface area contributed by atoms with Crippen LogP contribution in [0.2, 0.25) is 10.0 Å². The summed E-state index contributed by atoms with van der Waals surface area (Å²) in [6.45, 7) is 0. The van der Waals surface area contributed by atoms with Gasteiger partial charge in [-0.1, -0.05) is 29.3 Å². The number of hydrogen-bond acceptors (Lipinski definition) is 4. The number of halogens is 2. The second kappa shape index (κ2) is 11.2. The molecule has 9 heteroatoms. The van der Waals surface area contributed by atoms with Gasteiger partial charge in [-0.2, -0.15) is 0 Å². The van der Waals surface area contributed by atoms with E-state index in [9.17, 15) is 9.59 Å². The Hall–Kier alpha value is -2.58. The predicted molar refractivity (Wildman–Crippen MR) is 132 cm³/mol. The predicted octanol–water partition coefficient (Wildman–Crippen LogP) is 5.85. The number of rotatable bonds is 6. The van der Waals surface area contributed by atoms with Crippen molar-refractivity contribution < 1.29 is 9.59 Å². The van der Waals surface area contributed by atoms with Crippen LogP contribution in [0.1, 0.15) is 10.4 Å². The van der Waals surface area contributed by atoms with Crippen molar-refractivity contribution in [2.75, 3.05) is 16.4 Å². The third-order valence-electron chi connectivity index (χ3n) is 3.92. The van der Waals surface area contributed by atoms with E-state index in [0.717, 1.165) is 4.90 Å². The molecule has 0 aliphatic carbocycles. The molecule has 3 aromatic carbocycles. The van der Waals surface area contributed by atoms with E-state index in [1.54, 1.807) is 60.7 Å². The van der Waals surface area contributed by atoms with E-state index in [-0.39, 0.29) is 22.7 Å². The first-order valence-electron chi connectivity index (χ1n) is 9.05. The first kappa shape index (κ1) is 23.1. The Morgan fingerprint density at radius 1 is 0.839 bits per heavy atom. The number of benzene rings is 3. The van der Waals surface area contributed by atoms with Gasteiger partial charge in [0.1, 0.15) is 0 Å². The molecule has 0 aromatic heterocycles. The van der Waals surface area contributed by atoms with Crippen LogP contribution in [-0.2, 0) is 4.79 Å². The van der Waals surface area contributed by atoms with Crippen LogP contribution in [0.4, 0.5) is 11.4 Å². The van der Waals surface area contributed by atoms with Crippen molar-refractivity contribution in [2.45, 2.75) is 4.90 Å². The van der Waals surface area contributed by atoms with Crippen LogP contribution in [0.25, 0.3) is 0 Å². The van der Waals surface area contributed by atoms with Crippen molar-refractivity contribution in [1.29, 1.82) is 0 Å². The molecule has 31 heavy (non-hydrogen) atoms. The summed E-state index contributed by atoms with van der Waals surface area (Å²) in [7, 11) is 0. The van der Waals surface area contributed by atoms with E-state index in [1.165, 1.54) is 11.8 Å². The Balaban J connectivity index is 1.46. The lowest BCUT2D eigenvalue weighted by Gasteiger charge is -2.11. The van der Waals surface area contributed by atoms with Crippen LogP contribution in [0, 0.1) is 0 Å². The number of hydrogen-bond donors (Lipinski definition) is 3. The average molecular weight is 490 g/mol. The smallest absolute Gasteiger partial charge is 0.255 e. The third kappa shape index (κ3) is 7.56. The Morgan fingerprint density at radius 2 is 1.48 bits per heavy atom. The largest absolute Gasteiger partial charge is 0.332 e. The molecule has 0 saturated carbocycles. The van der Waals surface area contributed by atoms with E-state index >= 15 is 0 Å². The minimum Gasteiger partial charge on any atom is -0.332 e. The monoisotopic (exact) mass is 489 g/mol.